The molecule has 0 amide bonds. The summed E-state index contributed by atoms with van der Waals surface area (Å²) in [5, 5.41) is 9.48. The van der Waals surface area contributed by atoms with Gasteiger partial charge in [0.05, 0.1) is 41.4 Å². The number of aromatic nitrogens is 4. The Morgan fingerprint density at radius 2 is 1.89 bits per heavy atom. The van der Waals surface area contributed by atoms with Crippen LogP contribution in [0.2, 0.25) is 0 Å². The van der Waals surface area contributed by atoms with Crippen molar-refractivity contribution < 1.29 is 35.1 Å². The molecule has 0 spiro atoms. The highest BCUT2D eigenvalue weighted by atomic mass is 32.2. The Morgan fingerprint density at radius 1 is 1.17 bits per heavy atom. The van der Waals surface area contributed by atoms with E-state index >= 15 is 0 Å². The van der Waals surface area contributed by atoms with E-state index in [4.69, 9.17) is 4.74 Å². The minimum atomic E-state index is -5.71. The molecule has 1 aliphatic rings. The van der Waals surface area contributed by atoms with Gasteiger partial charge in [-0.05, 0) is 24.5 Å². The Bertz CT molecular complexity index is 1430. The number of rotatable bonds is 8. The van der Waals surface area contributed by atoms with E-state index in [-0.39, 0.29) is 33.6 Å². The third kappa shape index (κ3) is 4.40. The van der Waals surface area contributed by atoms with E-state index < -0.39 is 40.4 Å². The SMILES string of the molecule is CCS(=O)(=O)c1cc(C2(C#N)CC2)cnc1-c1ncc2c(OCCC(F)(F)C(F)(F)F)nccn12. The van der Waals surface area contributed by atoms with Gasteiger partial charge in [-0.15, -0.1) is 0 Å². The Hall–Kier alpha value is -3.34. The lowest BCUT2D eigenvalue weighted by molar-refractivity contribution is -0.285. The first-order chi connectivity index (χ1) is 16.4. The molecule has 0 aromatic carbocycles. The fourth-order valence-electron chi connectivity index (χ4n) is 3.46. The standard InChI is InChI=1S/C21H18F5N5O3S/c1-2-35(32,33)15-9-13(19(12-27)3-4-19)10-29-16(15)17-30-11-14-18(28-6-7-31(14)17)34-8-5-20(22,23)21(24,25)26/h6-7,9-11H,2-5,8H2,1H3. The number of fused-ring (bicyclic) bond motifs is 1. The average Bonchev–Trinajstić information content (AvgIpc) is 3.49. The van der Waals surface area contributed by atoms with E-state index in [1.807, 2.05) is 0 Å². The second-order valence-corrected chi connectivity index (χ2v) is 10.3. The van der Waals surface area contributed by atoms with Crippen molar-refractivity contribution >= 4 is 15.4 Å². The number of sulfone groups is 1. The number of nitriles is 1. The quantitative estimate of drug-likeness (QED) is 0.415. The molecule has 0 unspecified atom stereocenters. The lowest BCUT2D eigenvalue weighted by atomic mass is 9.99. The third-order valence-corrected chi connectivity index (χ3v) is 7.53. The molecule has 1 fully saturated rings. The van der Waals surface area contributed by atoms with Gasteiger partial charge in [0.25, 0.3) is 0 Å². The Labute approximate surface area is 196 Å². The number of nitrogens with zero attached hydrogens (tertiary/aromatic N) is 5. The lowest BCUT2D eigenvalue weighted by Crippen LogP contribution is -2.37. The molecule has 3 aromatic rings. The lowest BCUT2D eigenvalue weighted by Gasteiger charge is -2.19. The van der Waals surface area contributed by atoms with E-state index in [1.54, 1.807) is 0 Å². The zero-order valence-electron chi connectivity index (χ0n) is 18.2. The summed E-state index contributed by atoms with van der Waals surface area (Å²) in [7, 11) is -3.80. The molecule has 4 rings (SSSR count). The molecule has 1 aliphatic carbocycles. The van der Waals surface area contributed by atoms with Gasteiger partial charge in [0, 0.05) is 18.6 Å². The fourth-order valence-corrected chi connectivity index (χ4v) is 4.52. The molecular weight excluding hydrogens is 497 g/mol. The predicted molar refractivity (Wildman–Crippen MR) is 112 cm³/mol. The third-order valence-electron chi connectivity index (χ3n) is 5.79. The summed E-state index contributed by atoms with van der Waals surface area (Å²) in [6, 6.07) is 3.60. The Morgan fingerprint density at radius 3 is 2.49 bits per heavy atom. The average molecular weight is 515 g/mol. The van der Waals surface area contributed by atoms with Gasteiger partial charge < -0.3 is 4.74 Å². The van der Waals surface area contributed by atoms with Crippen LogP contribution in [0.1, 0.15) is 31.7 Å². The van der Waals surface area contributed by atoms with Crippen LogP contribution in [0.3, 0.4) is 0 Å². The van der Waals surface area contributed by atoms with Gasteiger partial charge in [0.2, 0.25) is 5.88 Å². The van der Waals surface area contributed by atoms with Gasteiger partial charge in [-0.25, -0.2) is 18.4 Å². The predicted octanol–water partition coefficient (Wildman–Crippen LogP) is 4.11. The normalized spacial score (nSPS) is 15.7. The van der Waals surface area contributed by atoms with Crippen LogP contribution >= 0.6 is 0 Å². The maximum atomic E-state index is 13.2. The summed E-state index contributed by atoms with van der Waals surface area (Å²) in [4.78, 5) is 12.2. The van der Waals surface area contributed by atoms with Crippen LogP contribution in [0.5, 0.6) is 5.88 Å². The van der Waals surface area contributed by atoms with Gasteiger partial charge >= 0.3 is 12.1 Å². The first kappa shape index (κ1) is 24.8. The Balaban J connectivity index is 1.72. The highest BCUT2D eigenvalue weighted by Gasteiger charge is 2.57. The summed E-state index contributed by atoms with van der Waals surface area (Å²) < 4.78 is 95.7. The molecule has 14 heteroatoms. The van der Waals surface area contributed by atoms with Crippen LogP contribution in [0.15, 0.2) is 35.7 Å². The van der Waals surface area contributed by atoms with Crippen LogP contribution in [0.4, 0.5) is 22.0 Å². The molecule has 0 atom stereocenters. The summed E-state index contributed by atoms with van der Waals surface area (Å²) in [5.74, 6) is -5.37. The van der Waals surface area contributed by atoms with Crippen LogP contribution in [0.25, 0.3) is 17.0 Å². The van der Waals surface area contributed by atoms with Crippen molar-refractivity contribution in [3.63, 3.8) is 0 Å². The smallest absolute Gasteiger partial charge is 0.453 e. The maximum Gasteiger partial charge on any atom is 0.453 e. The molecule has 0 radical (unpaired) electrons. The maximum absolute atomic E-state index is 13.2. The van der Waals surface area contributed by atoms with Crippen molar-refractivity contribution in [3.05, 3.63) is 36.4 Å². The number of ether oxygens (including phenoxy) is 1. The second-order valence-electron chi connectivity index (χ2n) is 8.04. The molecule has 3 heterocycles. The van der Waals surface area contributed by atoms with Crippen LogP contribution in [0, 0.1) is 11.3 Å². The molecule has 0 bridgehead atoms. The van der Waals surface area contributed by atoms with Gasteiger partial charge in [-0.1, -0.05) is 6.92 Å². The molecular formula is C21H18F5N5O3S. The largest absolute Gasteiger partial charge is 0.476 e. The van der Waals surface area contributed by atoms with E-state index in [2.05, 4.69) is 21.0 Å². The van der Waals surface area contributed by atoms with Crippen molar-refractivity contribution in [2.45, 2.75) is 48.6 Å². The van der Waals surface area contributed by atoms with Crippen molar-refractivity contribution in [1.82, 2.24) is 19.4 Å². The number of imidazole rings is 1. The fraction of sp³-hybridized carbons (Fsp3) is 0.429. The summed E-state index contributed by atoms with van der Waals surface area (Å²) >= 11 is 0. The Kier molecular flexibility index (Phi) is 5.95. The molecule has 0 N–H and O–H groups in total. The summed E-state index contributed by atoms with van der Waals surface area (Å²) in [6.45, 7) is 0.484. The van der Waals surface area contributed by atoms with Crippen molar-refractivity contribution in [2.24, 2.45) is 0 Å². The number of alkyl halides is 5. The number of pyridine rings is 1. The van der Waals surface area contributed by atoms with Crippen molar-refractivity contribution in [2.75, 3.05) is 12.4 Å². The van der Waals surface area contributed by atoms with E-state index in [9.17, 15) is 35.6 Å². The van der Waals surface area contributed by atoms with Gasteiger partial charge in [-0.3, -0.25) is 9.38 Å². The molecule has 0 saturated heterocycles. The van der Waals surface area contributed by atoms with Crippen molar-refractivity contribution in [1.29, 1.82) is 5.26 Å². The highest BCUT2D eigenvalue weighted by molar-refractivity contribution is 7.91. The molecule has 3 aromatic heterocycles. The van der Waals surface area contributed by atoms with E-state index in [1.165, 1.54) is 42.2 Å². The first-order valence-electron chi connectivity index (χ1n) is 10.4. The van der Waals surface area contributed by atoms with Gasteiger partial charge in [0.1, 0.15) is 11.2 Å². The van der Waals surface area contributed by atoms with E-state index in [0.29, 0.717) is 18.4 Å². The molecule has 35 heavy (non-hydrogen) atoms. The highest BCUT2D eigenvalue weighted by Crippen LogP contribution is 2.48. The first-order valence-corrected chi connectivity index (χ1v) is 12.0. The van der Waals surface area contributed by atoms with E-state index in [0.717, 1.165) is 0 Å². The number of halogens is 5. The monoisotopic (exact) mass is 515 g/mol. The minimum absolute atomic E-state index is 0.00917. The topological polar surface area (TPSA) is 110 Å². The van der Waals surface area contributed by atoms with Gasteiger partial charge in [0.15, 0.2) is 15.7 Å². The second kappa shape index (κ2) is 8.40. The minimum Gasteiger partial charge on any atom is -0.476 e. The number of hydrogen-bond donors (Lipinski definition) is 0. The van der Waals surface area contributed by atoms with Crippen LogP contribution in [-0.2, 0) is 15.3 Å². The molecule has 0 aliphatic heterocycles. The van der Waals surface area contributed by atoms with Crippen LogP contribution in [-0.4, -0.2) is 52.2 Å². The number of hydrogen-bond acceptors (Lipinski definition) is 7. The molecule has 186 valence electrons. The molecule has 1 saturated carbocycles. The summed E-state index contributed by atoms with van der Waals surface area (Å²) in [6.07, 6.45) is -0.915. The molecule has 8 nitrogen and oxygen atoms in total. The van der Waals surface area contributed by atoms with Gasteiger partial charge in [-0.2, -0.15) is 27.2 Å². The summed E-state index contributed by atoms with van der Waals surface area (Å²) in [5.41, 5.74) is -0.195. The van der Waals surface area contributed by atoms with Crippen LogP contribution < -0.4 is 4.74 Å². The zero-order chi connectivity index (χ0) is 25.6. The zero-order valence-corrected chi connectivity index (χ0v) is 19.0. The van der Waals surface area contributed by atoms with Crippen molar-refractivity contribution in [3.8, 4) is 23.5 Å².